The second-order valence-corrected chi connectivity index (χ2v) is 3.15. The molecule has 0 saturated carbocycles. The van der Waals surface area contributed by atoms with Crippen LogP contribution >= 0.6 is 0 Å². The summed E-state index contributed by atoms with van der Waals surface area (Å²) in [6.07, 6.45) is 7.63. The molecule has 1 aliphatic heterocycles. The van der Waals surface area contributed by atoms with Crippen molar-refractivity contribution in [2.75, 3.05) is 6.61 Å². The van der Waals surface area contributed by atoms with Crippen molar-refractivity contribution in [1.82, 2.24) is 0 Å². The molecule has 1 heterocycles. The monoisotopic (exact) mass is 201 g/mol. The molecule has 2 rings (SSSR count). The van der Waals surface area contributed by atoms with Crippen LogP contribution < -0.4 is 4.74 Å². The van der Waals surface area contributed by atoms with Gasteiger partial charge in [0, 0.05) is 18.2 Å². The van der Waals surface area contributed by atoms with E-state index in [2.05, 4.69) is 11.1 Å². The predicted octanol–water partition coefficient (Wildman–Crippen LogP) is 2.15. The molecule has 0 unspecified atom stereocenters. The Morgan fingerprint density at radius 2 is 2.40 bits per heavy atom. The van der Waals surface area contributed by atoms with Crippen molar-refractivity contribution in [3.05, 3.63) is 29.8 Å². The number of hydrogen-bond donors (Lipinski definition) is 0. The molecule has 0 saturated heterocycles. The van der Waals surface area contributed by atoms with Gasteiger partial charge in [-0.2, -0.15) is 0 Å². The third kappa shape index (κ3) is 2.10. The van der Waals surface area contributed by atoms with Crippen molar-refractivity contribution in [3.63, 3.8) is 0 Å². The Balaban J connectivity index is 2.18. The van der Waals surface area contributed by atoms with E-state index in [0.29, 0.717) is 0 Å². The first-order valence-corrected chi connectivity index (χ1v) is 4.74. The zero-order valence-corrected chi connectivity index (χ0v) is 8.22. The van der Waals surface area contributed by atoms with Crippen molar-refractivity contribution in [2.24, 2.45) is 5.16 Å². The summed E-state index contributed by atoms with van der Waals surface area (Å²) in [5, 5.41) is 3.74. The van der Waals surface area contributed by atoms with Gasteiger partial charge in [-0.15, -0.1) is 6.42 Å². The van der Waals surface area contributed by atoms with E-state index in [0.717, 1.165) is 17.7 Å². The Morgan fingerprint density at radius 3 is 3.13 bits per heavy atom. The zero-order valence-electron chi connectivity index (χ0n) is 8.22. The zero-order chi connectivity index (χ0) is 10.5. The molecule has 0 radical (unpaired) electrons. The van der Waals surface area contributed by atoms with Gasteiger partial charge in [0.15, 0.2) is 6.10 Å². The minimum Gasteiger partial charge on any atom is -0.481 e. The summed E-state index contributed by atoms with van der Waals surface area (Å²) in [6.45, 7) is 0.268. The van der Waals surface area contributed by atoms with Crippen LogP contribution in [0.2, 0.25) is 0 Å². The van der Waals surface area contributed by atoms with E-state index >= 15 is 0 Å². The number of para-hydroxylation sites is 1. The van der Waals surface area contributed by atoms with Crippen LogP contribution in [0.5, 0.6) is 5.75 Å². The maximum atomic E-state index is 5.43. The summed E-state index contributed by atoms with van der Waals surface area (Å²) in [7, 11) is 0. The van der Waals surface area contributed by atoms with Crippen LogP contribution in [0.25, 0.3) is 0 Å². The molecule has 0 aromatic heterocycles. The highest BCUT2D eigenvalue weighted by atomic mass is 16.6. The van der Waals surface area contributed by atoms with Crippen LogP contribution in [0.4, 0.5) is 0 Å². The average molecular weight is 201 g/mol. The minimum atomic E-state index is -0.0426. The molecule has 0 bridgehead atoms. The van der Waals surface area contributed by atoms with Crippen LogP contribution in [0.1, 0.15) is 18.1 Å². The molecule has 1 atom stereocenters. The average Bonchev–Trinajstić information content (AvgIpc) is 2.80. The number of hydrogen-bond acceptors (Lipinski definition) is 3. The first kappa shape index (κ1) is 9.60. The van der Waals surface area contributed by atoms with Crippen LogP contribution in [-0.4, -0.2) is 12.8 Å². The quantitative estimate of drug-likeness (QED) is 0.701. The summed E-state index contributed by atoms with van der Waals surface area (Å²) in [5.41, 5.74) is 0.991. The van der Waals surface area contributed by atoms with Gasteiger partial charge >= 0.3 is 0 Å². The van der Waals surface area contributed by atoms with Crippen molar-refractivity contribution >= 4 is 6.21 Å². The van der Waals surface area contributed by atoms with E-state index in [1.54, 1.807) is 6.21 Å². The number of terminal acetylenes is 1. The van der Waals surface area contributed by atoms with Gasteiger partial charge in [0.1, 0.15) is 12.4 Å². The number of ether oxygens (including phenoxy) is 1. The first-order chi connectivity index (χ1) is 7.42. The molecular formula is C12H11NO2. The number of oxime groups is 1. The normalized spacial score (nSPS) is 18.2. The van der Waals surface area contributed by atoms with E-state index in [1.165, 1.54) is 0 Å². The van der Waals surface area contributed by atoms with Gasteiger partial charge in [0.25, 0.3) is 0 Å². The first-order valence-electron chi connectivity index (χ1n) is 4.74. The van der Waals surface area contributed by atoms with Gasteiger partial charge in [0.05, 0.1) is 0 Å². The van der Waals surface area contributed by atoms with Crippen molar-refractivity contribution in [1.29, 1.82) is 0 Å². The Kier molecular flexibility index (Phi) is 2.89. The van der Waals surface area contributed by atoms with E-state index in [1.807, 2.05) is 24.3 Å². The molecule has 0 amide bonds. The highest BCUT2D eigenvalue weighted by Crippen LogP contribution is 2.31. The fraction of sp³-hybridized carbons (Fsp3) is 0.250. The topological polar surface area (TPSA) is 30.8 Å². The number of benzene rings is 1. The van der Waals surface area contributed by atoms with Gasteiger partial charge in [0.2, 0.25) is 0 Å². The summed E-state index contributed by atoms with van der Waals surface area (Å²) >= 11 is 0. The smallest absolute Gasteiger partial charge is 0.161 e. The minimum absolute atomic E-state index is 0.0426. The van der Waals surface area contributed by atoms with Crippen LogP contribution in [-0.2, 0) is 4.84 Å². The molecular weight excluding hydrogens is 190 g/mol. The molecule has 1 aromatic rings. The highest BCUT2D eigenvalue weighted by Gasteiger charge is 2.19. The molecule has 3 nitrogen and oxygen atoms in total. The molecule has 1 aliphatic rings. The lowest BCUT2D eigenvalue weighted by Gasteiger charge is -2.13. The van der Waals surface area contributed by atoms with Crippen molar-refractivity contribution < 1.29 is 9.57 Å². The lowest BCUT2D eigenvalue weighted by Crippen LogP contribution is -2.02. The van der Waals surface area contributed by atoms with Gasteiger partial charge in [-0.1, -0.05) is 29.3 Å². The summed E-state index contributed by atoms with van der Waals surface area (Å²) < 4.78 is 5.43. The second kappa shape index (κ2) is 4.52. The maximum absolute atomic E-state index is 5.43. The summed E-state index contributed by atoms with van der Waals surface area (Å²) in [6, 6.07) is 7.70. The lowest BCUT2D eigenvalue weighted by atomic mass is 10.1. The standard InChI is InChI=1S/C12H11NO2/c1-2-9-14-11-6-4-3-5-10(11)12-7-8-13-15-12/h1,3-6,8,12H,7,9H2/t12-/m1/s1. The summed E-state index contributed by atoms with van der Waals surface area (Å²) in [4.78, 5) is 5.20. The van der Waals surface area contributed by atoms with Gasteiger partial charge in [-0.05, 0) is 6.07 Å². The molecule has 15 heavy (non-hydrogen) atoms. The molecule has 0 N–H and O–H groups in total. The lowest BCUT2D eigenvalue weighted by molar-refractivity contribution is 0.0834. The number of rotatable bonds is 3. The maximum Gasteiger partial charge on any atom is 0.161 e. The largest absolute Gasteiger partial charge is 0.481 e. The third-order valence-corrected chi connectivity index (χ3v) is 2.16. The predicted molar refractivity (Wildman–Crippen MR) is 57.7 cm³/mol. The van der Waals surface area contributed by atoms with Crippen molar-refractivity contribution in [2.45, 2.75) is 12.5 Å². The van der Waals surface area contributed by atoms with Crippen molar-refractivity contribution in [3.8, 4) is 18.1 Å². The molecule has 0 fully saturated rings. The Hall–Kier alpha value is -1.95. The molecule has 3 heteroatoms. The van der Waals surface area contributed by atoms with E-state index in [-0.39, 0.29) is 12.7 Å². The molecule has 76 valence electrons. The number of nitrogens with zero attached hydrogens (tertiary/aromatic N) is 1. The van der Waals surface area contributed by atoms with Crippen LogP contribution in [0, 0.1) is 12.3 Å². The third-order valence-electron chi connectivity index (χ3n) is 2.16. The Morgan fingerprint density at radius 1 is 1.53 bits per heavy atom. The van der Waals surface area contributed by atoms with Gasteiger partial charge in [-0.25, -0.2) is 0 Å². The molecule has 0 spiro atoms. The molecule has 1 aromatic carbocycles. The fourth-order valence-electron chi connectivity index (χ4n) is 1.48. The summed E-state index contributed by atoms with van der Waals surface area (Å²) in [5.74, 6) is 3.21. The Bertz CT molecular complexity index is 398. The Labute approximate surface area is 88.7 Å². The van der Waals surface area contributed by atoms with Crippen LogP contribution in [0.15, 0.2) is 29.4 Å². The fourth-order valence-corrected chi connectivity index (χ4v) is 1.48. The van der Waals surface area contributed by atoms with Crippen LogP contribution in [0.3, 0.4) is 0 Å². The van der Waals surface area contributed by atoms with E-state index in [9.17, 15) is 0 Å². The van der Waals surface area contributed by atoms with Gasteiger partial charge < -0.3 is 9.57 Å². The second-order valence-electron chi connectivity index (χ2n) is 3.15. The highest BCUT2D eigenvalue weighted by molar-refractivity contribution is 5.60. The van der Waals surface area contributed by atoms with E-state index < -0.39 is 0 Å². The SMILES string of the molecule is C#CCOc1ccccc1[C@H]1CC=NO1. The molecule has 0 aliphatic carbocycles. The van der Waals surface area contributed by atoms with E-state index in [4.69, 9.17) is 16.0 Å². The van der Waals surface area contributed by atoms with Gasteiger partial charge in [-0.3, -0.25) is 0 Å².